The minimum absolute atomic E-state index is 0.0503. The van der Waals surface area contributed by atoms with Gasteiger partial charge in [-0.1, -0.05) is 17.7 Å². The number of carbonyl (C=O) groups excluding carboxylic acids is 1. The molecule has 2 aromatic carbocycles. The molecule has 0 aliphatic rings. The topological polar surface area (TPSA) is 35.5 Å². The Morgan fingerprint density at radius 1 is 1.20 bits per heavy atom. The van der Waals surface area contributed by atoms with Crippen LogP contribution >= 0.6 is 11.6 Å². The van der Waals surface area contributed by atoms with Crippen molar-refractivity contribution in [3.05, 3.63) is 58.4 Å². The van der Waals surface area contributed by atoms with E-state index >= 15 is 0 Å². The minimum Gasteiger partial charge on any atom is -0.493 e. The number of carbonyl (C=O) groups is 1. The van der Waals surface area contributed by atoms with Crippen molar-refractivity contribution in [1.82, 2.24) is 0 Å². The Bertz CT molecular complexity index is 629. The molecular formula is C15H12ClFO3. The van der Waals surface area contributed by atoms with Gasteiger partial charge in [0.2, 0.25) is 0 Å². The van der Waals surface area contributed by atoms with E-state index in [1.807, 2.05) is 0 Å². The lowest BCUT2D eigenvalue weighted by Crippen LogP contribution is -1.98. The molecule has 0 amide bonds. The van der Waals surface area contributed by atoms with E-state index < -0.39 is 5.82 Å². The van der Waals surface area contributed by atoms with Gasteiger partial charge in [0.25, 0.3) is 0 Å². The Labute approximate surface area is 120 Å². The molecule has 0 atom stereocenters. The normalized spacial score (nSPS) is 10.2. The molecule has 0 aromatic heterocycles. The van der Waals surface area contributed by atoms with Gasteiger partial charge in [-0.25, -0.2) is 4.39 Å². The smallest absolute Gasteiger partial charge is 0.161 e. The van der Waals surface area contributed by atoms with Crippen molar-refractivity contribution in [2.24, 2.45) is 0 Å². The summed E-state index contributed by atoms with van der Waals surface area (Å²) < 4.78 is 23.8. The Morgan fingerprint density at radius 2 is 2.00 bits per heavy atom. The predicted molar refractivity (Wildman–Crippen MR) is 74.1 cm³/mol. The summed E-state index contributed by atoms with van der Waals surface area (Å²) in [4.78, 5) is 10.7. The van der Waals surface area contributed by atoms with E-state index in [-0.39, 0.29) is 11.6 Å². The van der Waals surface area contributed by atoms with Gasteiger partial charge in [0, 0.05) is 5.56 Å². The van der Waals surface area contributed by atoms with E-state index in [9.17, 15) is 9.18 Å². The monoisotopic (exact) mass is 294 g/mol. The largest absolute Gasteiger partial charge is 0.493 e. The van der Waals surface area contributed by atoms with Crippen LogP contribution in [-0.4, -0.2) is 13.4 Å². The molecule has 0 aliphatic carbocycles. The molecule has 5 heteroatoms. The summed E-state index contributed by atoms with van der Waals surface area (Å²) in [6.45, 7) is 0.219. The zero-order chi connectivity index (χ0) is 14.5. The van der Waals surface area contributed by atoms with Gasteiger partial charge in [0.15, 0.2) is 11.5 Å². The quantitative estimate of drug-likeness (QED) is 0.785. The van der Waals surface area contributed by atoms with Crippen LogP contribution in [0.25, 0.3) is 0 Å². The third-order valence-electron chi connectivity index (χ3n) is 2.70. The molecule has 0 bridgehead atoms. The van der Waals surface area contributed by atoms with Crippen LogP contribution in [0.1, 0.15) is 15.9 Å². The van der Waals surface area contributed by atoms with Gasteiger partial charge in [-0.2, -0.15) is 0 Å². The second-order valence-electron chi connectivity index (χ2n) is 4.07. The van der Waals surface area contributed by atoms with Crippen LogP contribution in [-0.2, 0) is 6.61 Å². The lowest BCUT2D eigenvalue weighted by molar-refractivity contribution is 0.112. The highest BCUT2D eigenvalue weighted by molar-refractivity contribution is 6.30. The van der Waals surface area contributed by atoms with Gasteiger partial charge in [0.05, 0.1) is 12.1 Å². The van der Waals surface area contributed by atoms with Gasteiger partial charge in [0.1, 0.15) is 18.7 Å². The Hall–Kier alpha value is -2.07. The average Bonchev–Trinajstić information content (AvgIpc) is 2.48. The predicted octanol–water partition coefficient (Wildman–Crippen LogP) is 3.88. The van der Waals surface area contributed by atoms with Crippen molar-refractivity contribution in [1.29, 1.82) is 0 Å². The lowest BCUT2D eigenvalue weighted by Gasteiger charge is -2.11. The molecule has 2 rings (SSSR count). The molecule has 0 saturated heterocycles. The maximum absolute atomic E-state index is 13.0. The first-order chi connectivity index (χ1) is 9.63. The van der Waals surface area contributed by atoms with Gasteiger partial charge in [-0.15, -0.1) is 0 Å². The molecule has 2 aromatic rings. The number of rotatable bonds is 5. The third-order valence-corrected chi connectivity index (χ3v) is 2.99. The second kappa shape index (κ2) is 6.39. The number of benzene rings is 2. The summed E-state index contributed by atoms with van der Waals surface area (Å²) >= 11 is 5.70. The Morgan fingerprint density at radius 3 is 2.65 bits per heavy atom. The molecule has 0 aliphatic heterocycles. The number of ether oxygens (including phenoxy) is 2. The minimum atomic E-state index is -0.469. The van der Waals surface area contributed by atoms with Crippen LogP contribution in [0.3, 0.4) is 0 Å². The fourth-order valence-electron chi connectivity index (χ4n) is 1.67. The summed E-state index contributed by atoms with van der Waals surface area (Å²) in [7, 11) is 1.49. The molecule has 104 valence electrons. The van der Waals surface area contributed by atoms with Crippen LogP contribution in [0.5, 0.6) is 11.5 Å². The number of halogens is 2. The molecule has 0 saturated carbocycles. The molecule has 0 N–H and O–H groups in total. The first kappa shape index (κ1) is 14.3. The molecule has 0 unspecified atom stereocenters. The molecule has 3 nitrogen and oxygen atoms in total. The van der Waals surface area contributed by atoms with E-state index in [1.165, 1.54) is 19.2 Å². The third kappa shape index (κ3) is 3.27. The highest BCUT2D eigenvalue weighted by atomic mass is 35.5. The van der Waals surface area contributed by atoms with Crippen molar-refractivity contribution < 1.29 is 18.7 Å². The molecule has 0 heterocycles. The van der Waals surface area contributed by atoms with E-state index in [0.717, 1.165) is 11.8 Å². The first-order valence-electron chi connectivity index (χ1n) is 5.84. The summed E-state index contributed by atoms with van der Waals surface area (Å²) in [6.07, 6.45) is 0.728. The zero-order valence-electron chi connectivity index (χ0n) is 10.7. The summed E-state index contributed by atoms with van der Waals surface area (Å²) in [5, 5.41) is 0.0503. The highest BCUT2D eigenvalue weighted by Gasteiger charge is 2.07. The summed E-state index contributed by atoms with van der Waals surface area (Å²) in [5.74, 6) is 0.490. The molecular weight excluding hydrogens is 283 g/mol. The molecule has 20 heavy (non-hydrogen) atoms. The number of methoxy groups -OCH3 is 1. The summed E-state index contributed by atoms with van der Waals surface area (Å²) in [5.41, 5.74) is 1.23. The van der Waals surface area contributed by atoms with Crippen molar-refractivity contribution in [2.75, 3.05) is 7.11 Å². The number of hydrogen-bond acceptors (Lipinski definition) is 3. The van der Waals surface area contributed by atoms with Gasteiger partial charge in [-0.05, 0) is 35.9 Å². The first-order valence-corrected chi connectivity index (χ1v) is 6.22. The standard InChI is InChI=1S/C15H12ClFO3/c1-19-15-7-10(8-18)3-5-14(15)20-9-11-2-4-13(17)12(16)6-11/h2-8H,9H2,1H3. The molecule has 0 fully saturated rings. The highest BCUT2D eigenvalue weighted by Crippen LogP contribution is 2.28. The Kier molecular flexibility index (Phi) is 4.58. The average molecular weight is 295 g/mol. The maximum atomic E-state index is 13.0. The molecule has 0 radical (unpaired) electrons. The number of hydrogen-bond donors (Lipinski definition) is 0. The maximum Gasteiger partial charge on any atom is 0.161 e. The number of aldehydes is 1. The van der Waals surface area contributed by atoms with Crippen molar-refractivity contribution in [2.45, 2.75) is 6.61 Å². The van der Waals surface area contributed by atoms with Crippen molar-refractivity contribution in [3.63, 3.8) is 0 Å². The van der Waals surface area contributed by atoms with Crippen LogP contribution in [0, 0.1) is 5.82 Å². The van der Waals surface area contributed by atoms with Gasteiger partial charge in [-0.3, -0.25) is 4.79 Å². The van der Waals surface area contributed by atoms with Crippen LogP contribution in [0.4, 0.5) is 4.39 Å². The fraction of sp³-hybridized carbons (Fsp3) is 0.133. The van der Waals surface area contributed by atoms with Crippen molar-refractivity contribution >= 4 is 17.9 Å². The second-order valence-corrected chi connectivity index (χ2v) is 4.47. The van der Waals surface area contributed by atoms with Crippen LogP contribution in [0.2, 0.25) is 5.02 Å². The fourth-order valence-corrected chi connectivity index (χ4v) is 1.87. The zero-order valence-corrected chi connectivity index (χ0v) is 11.5. The SMILES string of the molecule is COc1cc(C=O)ccc1OCc1ccc(F)c(Cl)c1. The van der Waals surface area contributed by atoms with Gasteiger partial charge >= 0.3 is 0 Å². The van der Waals surface area contributed by atoms with Crippen LogP contribution < -0.4 is 9.47 Å². The van der Waals surface area contributed by atoms with Crippen LogP contribution in [0.15, 0.2) is 36.4 Å². The van der Waals surface area contributed by atoms with E-state index in [0.29, 0.717) is 17.1 Å². The van der Waals surface area contributed by atoms with Gasteiger partial charge < -0.3 is 9.47 Å². The van der Waals surface area contributed by atoms with E-state index in [2.05, 4.69) is 0 Å². The van der Waals surface area contributed by atoms with E-state index in [4.69, 9.17) is 21.1 Å². The van der Waals surface area contributed by atoms with Crippen molar-refractivity contribution in [3.8, 4) is 11.5 Å². The Balaban J connectivity index is 2.13. The summed E-state index contributed by atoms with van der Waals surface area (Å²) in [6, 6.07) is 9.24. The molecule has 0 spiro atoms. The lowest BCUT2D eigenvalue weighted by atomic mass is 10.2. The van der Waals surface area contributed by atoms with E-state index in [1.54, 1.807) is 24.3 Å².